The molecule has 0 saturated heterocycles. The van der Waals surface area contributed by atoms with Crippen molar-refractivity contribution in [2.24, 2.45) is 22.7 Å². The van der Waals surface area contributed by atoms with Crippen LogP contribution in [0.2, 0.25) is 0 Å². The third-order valence-electron chi connectivity index (χ3n) is 6.58. The number of amides is 1. The van der Waals surface area contributed by atoms with Crippen molar-refractivity contribution in [2.45, 2.75) is 31.8 Å². The third-order valence-corrected chi connectivity index (χ3v) is 6.58. The van der Waals surface area contributed by atoms with Crippen molar-refractivity contribution < 1.29 is 29.7 Å². The summed E-state index contributed by atoms with van der Waals surface area (Å²) in [4.78, 5) is 49.3. The first-order valence-electron chi connectivity index (χ1n) is 9.66. The fourth-order valence-corrected chi connectivity index (χ4v) is 5.23. The van der Waals surface area contributed by atoms with E-state index in [1.165, 1.54) is 6.07 Å². The van der Waals surface area contributed by atoms with Crippen LogP contribution in [-0.4, -0.2) is 38.4 Å². The lowest BCUT2D eigenvalue weighted by atomic mass is 9.57. The fraction of sp³-hybridized carbons (Fsp3) is 0.318. The lowest BCUT2D eigenvalue weighted by Crippen LogP contribution is -2.60. The number of Topliss-reactive ketones (excluding diaryl/α,β-unsaturated/α-hetero) is 2. The number of nitrogens with two attached hydrogens (primary N) is 1. The molecule has 1 aromatic rings. The van der Waals surface area contributed by atoms with Crippen LogP contribution in [-0.2, 0) is 16.0 Å². The highest BCUT2D eigenvalue weighted by atomic mass is 16.3. The molecule has 9 nitrogen and oxygen atoms in total. The highest BCUT2D eigenvalue weighted by Gasteiger charge is 2.60. The molecule has 3 aliphatic carbocycles. The second kappa shape index (κ2) is 6.71. The monoisotopic (exact) mass is 424 g/mol. The van der Waals surface area contributed by atoms with Gasteiger partial charge in [0.15, 0.2) is 5.60 Å². The number of hydrogen-bond donors (Lipinski definition) is 4. The predicted molar refractivity (Wildman–Crippen MR) is 109 cm³/mol. The van der Waals surface area contributed by atoms with E-state index in [1.54, 1.807) is 6.92 Å². The molecule has 1 aromatic carbocycles. The second-order valence-electron chi connectivity index (χ2n) is 8.29. The Hall–Kier alpha value is -3.59. The Bertz CT molecular complexity index is 1180. The predicted octanol–water partition coefficient (Wildman–Crippen LogP) is 1.82. The van der Waals surface area contributed by atoms with Crippen molar-refractivity contribution in [3.8, 4) is 5.75 Å². The van der Waals surface area contributed by atoms with Gasteiger partial charge in [0.05, 0.1) is 5.56 Å². The molecule has 0 aromatic heterocycles. The van der Waals surface area contributed by atoms with Gasteiger partial charge in [0, 0.05) is 33.5 Å². The van der Waals surface area contributed by atoms with E-state index in [-0.39, 0.29) is 52.8 Å². The molecule has 0 radical (unpaired) electrons. The zero-order chi connectivity index (χ0) is 22.8. The van der Waals surface area contributed by atoms with Crippen molar-refractivity contribution in [1.82, 2.24) is 0 Å². The molecular weight excluding hydrogens is 404 g/mol. The van der Waals surface area contributed by atoms with E-state index in [9.17, 15) is 34.6 Å². The molecule has 3 atom stereocenters. The van der Waals surface area contributed by atoms with Gasteiger partial charge in [-0.1, -0.05) is 12.2 Å². The van der Waals surface area contributed by atoms with E-state index in [0.717, 1.165) is 6.07 Å². The number of fused-ring (bicyclic) bond motifs is 3. The lowest BCUT2D eigenvalue weighted by Gasteiger charge is -2.46. The van der Waals surface area contributed by atoms with Crippen molar-refractivity contribution in [3.63, 3.8) is 0 Å². The zero-order valence-electron chi connectivity index (χ0n) is 16.6. The number of phenolic OH excluding ortho intramolecular Hbond substituents is 1. The topological polar surface area (TPSA) is 167 Å². The fourth-order valence-electron chi connectivity index (χ4n) is 5.23. The Balaban J connectivity index is 1.92. The van der Waals surface area contributed by atoms with Crippen LogP contribution in [0, 0.1) is 16.7 Å². The van der Waals surface area contributed by atoms with Gasteiger partial charge in [0.25, 0.3) is 0 Å². The summed E-state index contributed by atoms with van der Waals surface area (Å²) in [6.45, 7) is 5.24. The highest BCUT2D eigenvalue weighted by molar-refractivity contribution is 6.26. The van der Waals surface area contributed by atoms with Gasteiger partial charge >= 0.3 is 5.91 Å². The van der Waals surface area contributed by atoms with Gasteiger partial charge in [-0.15, -0.1) is 4.91 Å². The zero-order valence-corrected chi connectivity index (χ0v) is 16.6. The van der Waals surface area contributed by atoms with Crippen LogP contribution >= 0.6 is 0 Å². The van der Waals surface area contributed by atoms with E-state index in [1.807, 2.05) is 0 Å². The summed E-state index contributed by atoms with van der Waals surface area (Å²) in [6.07, 6.45) is 0.427. The number of allylic oxidation sites excluding steroid dienone is 2. The van der Waals surface area contributed by atoms with Gasteiger partial charge in [0.1, 0.15) is 11.5 Å². The standard InChI is InChI=1S/C22H20N2O7/c1-8-5-11-6-10-7-13-12(21(29)24-31)3-4-14(25)17(13)18(26)16(10)20(28)22(11,30)19(27)15(8)9(2)23/h3-4,10-11,25-26,30H,2,5-7,23H2,1H3/t10-,11?,22-/m1/s1. The number of phenols is 1. The quantitative estimate of drug-likeness (QED) is 0.412. The summed E-state index contributed by atoms with van der Waals surface area (Å²) in [5.74, 6) is -5.32. The number of nitrogens with zero attached hydrogens (tertiary/aromatic N) is 1. The second-order valence-corrected chi connectivity index (χ2v) is 8.29. The number of ketones is 2. The summed E-state index contributed by atoms with van der Waals surface area (Å²) < 4.78 is 0. The smallest absolute Gasteiger partial charge is 0.317 e. The first-order chi connectivity index (χ1) is 14.5. The van der Waals surface area contributed by atoms with Gasteiger partial charge in [-0.3, -0.25) is 14.4 Å². The molecule has 160 valence electrons. The van der Waals surface area contributed by atoms with Crippen LogP contribution in [0.25, 0.3) is 5.76 Å². The Labute approximate surface area is 176 Å². The molecule has 5 N–H and O–H groups in total. The molecule has 1 unspecified atom stereocenters. The number of carbonyl (C=O) groups is 3. The minimum Gasteiger partial charge on any atom is -0.507 e. The summed E-state index contributed by atoms with van der Waals surface area (Å²) in [6, 6.07) is 2.33. The number of aromatic hydroxyl groups is 1. The number of carbonyl (C=O) groups excluding carboxylic acids is 3. The third kappa shape index (κ3) is 2.63. The average molecular weight is 424 g/mol. The highest BCUT2D eigenvalue weighted by Crippen LogP contribution is 2.52. The van der Waals surface area contributed by atoms with Crippen LogP contribution < -0.4 is 5.73 Å². The molecule has 0 heterocycles. The van der Waals surface area contributed by atoms with Crippen LogP contribution in [0.5, 0.6) is 5.75 Å². The van der Waals surface area contributed by atoms with E-state index >= 15 is 0 Å². The molecule has 1 saturated carbocycles. The maximum absolute atomic E-state index is 13.4. The molecule has 0 aliphatic heterocycles. The van der Waals surface area contributed by atoms with Crippen molar-refractivity contribution in [1.29, 1.82) is 0 Å². The summed E-state index contributed by atoms with van der Waals surface area (Å²) in [7, 11) is 0. The minimum absolute atomic E-state index is 0.00892. The van der Waals surface area contributed by atoms with Gasteiger partial charge in [-0.2, -0.15) is 0 Å². The van der Waals surface area contributed by atoms with Gasteiger partial charge < -0.3 is 21.1 Å². The van der Waals surface area contributed by atoms with E-state index in [0.29, 0.717) is 5.57 Å². The van der Waals surface area contributed by atoms with E-state index in [4.69, 9.17) is 5.73 Å². The number of rotatable bonds is 2. The van der Waals surface area contributed by atoms with Gasteiger partial charge in [-0.05, 0) is 49.8 Å². The molecule has 4 rings (SSSR count). The van der Waals surface area contributed by atoms with Crippen LogP contribution in [0.4, 0.5) is 0 Å². The SMILES string of the molecule is C=C(N)C1=C(C)CC2C[C@@H]3Cc4c(C(=O)N=O)ccc(O)c4C(O)=C3C(=O)[C@]2(O)C1=O. The number of aliphatic hydroxyl groups excluding tert-OH is 1. The number of aliphatic hydroxyl groups is 2. The maximum Gasteiger partial charge on any atom is 0.317 e. The Morgan fingerprint density at radius 3 is 2.52 bits per heavy atom. The Morgan fingerprint density at radius 1 is 1.23 bits per heavy atom. The normalized spacial score (nSPS) is 27.4. The number of hydrogen-bond acceptors (Lipinski definition) is 8. The van der Waals surface area contributed by atoms with E-state index < -0.39 is 46.4 Å². The maximum atomic E-state index is 13.4. The number of nitroso groups, excluding NO2 is 1. The van der Waals surface area contributed by atoms with Crippen molar-refractivity contribution >= 4 is 23.2 Å². The molecule has 1 fully saturated rings. The average Bonchev–Trinajstić information content (AvgIpc) is 2.70. The minimum atomic E-state index is -2.41. The molecular formula is C22H20N2O7. The Morgan fingerprint density at radius 2 is 1.90 bits per heavy atom. The molecule has 1 amide bonds. The van der Waals surface area contributed by atoms with Gasteiger partial charge in [-0.25, -0.2) is 0 Å². The van der Waals surface area contributed by atoms with Crippen LogP contribution in [0.3, 0.4) is 0 Å². The van der Waals surface area contributed by atoms with Crippen molar-refractivity contribution in [2.75, 3.05) is 0 Å². The molecule has 0 spiro atoms. The summed E-state index contributed by atoms with van der Waals surface area (Å²) >= 11 is 0. The molecule has 0 bridgehead atoms. The van der Waals surface area contributed by atoms with Crippen LogP contribution in [0.15, 0.2) is 46.3 Å². The first-order valence-corrected chi connectivity index (χ1v) is 9.66. The number of benzene rings is 1. The van der Waals surface area contributed by atoms with Gasteiger partial charge in [0.2, 0.25) is 11.6 Å². The molecule has 3 aliphatic rings. The lowest BCUT2D eigenvalue weighted by molar-refractivity contribution is -0.157. The van der Waals surface area contributed by atoms with E-state index in [2.05, 4.69) is 11.8 Å². The summed E-state index contributed by atoms with van der Waals surface area (Å²) in [5.41, 5.74) is 3.59. The largest absolute Gasteiger partial charge is 0.507 e. The summed E-state index contributed by atoms with van der Waals surface area (Å²) in [5, 5.41) is 34.9. The molecule has 9 heteroatoms. The van der Waals surface area contributed by atoms with Crippen LogP contribution in [0.1, 0.15) is 41.3 Å². The Kier molecular flexibility index (Phi) is 4.48. The first kappa shape index (κ1) is 20.7. The molecule has 31 heavy (non-hydrogen) atoms. The van der Waals surface area contributed by atoms with Crippen molar-refractivity contribution in [3.05, 3.63) is 62.7 Å².